The van der Waals surface area contributed by atoms with Crippen LogP contribution >= 0.6 is 22.7 Å². The monoisotopic (exact) mass is 456 g/mol. The molecule has 5 rings (SSSR count). The maximum absolute atomic E-state index is 14.6. The first-order valence-electron chi connectivity index (χ1n) is 10.1. The molecular formula is C23H21FN2O3S2. The Kier molecular flexibility index (Phi) is 5.71. The highest BCUT2D eigenvalue weighted by atomic mass is 32.1. The van der Waals surface area contributed by atoms with Gasteiger partial charge >= 0.3 is 0 Å². The molecule has 2 aromatic heterocycles. The van der Waals surface area contributed by atoms with E-state index in [-0.39, 0.29) is 24.4 Å². The Bertz CT molecular complexity index is 1210. The van der Waals surface area contributed by atoms with Crippen molar-refractivity contribution in [3.63, 3.8) is 0 Å². The van der Waals surface area contributed by atoms with E-state index >= 15 is 0 Å². The number of carbonyl (C=O) groups excluding carboxylic acids is 1. The van der Waals surface area contributed by atoms with Crippen LogP contribution in [0.5, 0.6) is 0 Å². The third-order valence-corrected chi connectivity index (χ3v) is 7.66. The molecule has 1 atom stereocenters. The van der Waals surface area contributed by atoms with Gasteiger partial charge in [-0.15, -0.1) is 11.3 Å². The summed E-state index contributed by atoms with van der Waals surface area (Å²) in [6, 6.07) is 12.7. The lowest BCUT2D eigenvalue weighted by atomic mass is 10.1. The Labute approximate surface area is 187 Å². The van der Waals surface area contributed by atoms with Crippen molar-refractivity contribution < 1.29 is 18.7 Å². The first kappa shape index (κ1) is 20.5. The van der Waals surface area contributed by atoms with Crippen molar-refractivity contribution >= 4 is 54.0 Å². The van der Waals surface area contributed by atoms with Gasteiger partial charge in [-0.2, -0.15) is 0 Å². The van der Waals surface area contributed by atoms with Crippen LogP contribution in [-0.4, -0.2) is 37.3 Å². The third kappa shape index (κ3) is 3.85. The van der Waals surface area contributed by atoms with E-state index in [1.807, 2.05) is 30.3 Å². The van der Waals surface area contributed by atoms with E-state index in [2.05, 4.69) is 0 Å². The quantitative estimate of drug-likeness (QED) is 0.378. The summed E-state index contributed by atoms with van der Waals surface area (Å²) < 4.78 is 27.5. The van der Waals surface area contributed by atoms with E-state index in [0.717, 1.165) is 27.8 Å². The summed E-state index contributed by atoms with van der Waals surface area (Å²) >= 11 is 2.78. The minimum atomic E-state index is -0.342. The van der Waals surface area contributed by atoms with Crippen LogP contribution in [0.25, 0.3) is 20.3 Å². The van der Waals surface area contributed by atoms with E-state index in [4.69, 9.17) is 14.5 Å². The fraction of sp³-hybridized carbons (Fsp3) is 0.304. The molecule has 31 heavy (non-hydrogen) atoms. The number of anilines is 1. The summed E-state index contributed by atoms with van der Waals surface area (Å²) in [6.07, 6.45) is 1.85. The van der Waals surface area contributed by atoms with E-state index in [1.54, 1.807) is 18.1 Å². The number of methoxy groups -OCH3 is 1. The Balaban J connectivity index is 1.61. The zero-order valence-electron chi connectivity index (χ0n) is 17.0. The van der Waals surface area contributed by atoms with Crippen molar-refractivity contribution in [2.24, 2.45) is 0 Å². The molecule has 1 unspecified atom stereocenters. The minimum absolute atomic E-state index is 0.0343. The molecule has 3 heterocycles. The molecule has 0 bridgehead atoms. The van der Waals surface area contributed by atoms with Crippen LogP contribution in [0.15, 0.2) is 42.5 Å². The maximum atomic E-state index is 14.6. The molecule has 4 aromatic rings. The molecule has 1 saturated heterocycles. The van der Waals surface area contributed by atoms with Gasteiger partial charge < -0.3 is 9.47 Å². The van der Waals surface area contributed by atoms with Crippen molar-refractivity contribution in [2.75, 3.05) is 25.2 Å². The summed E-state index contributed by atoms with van der Waals surface area (Å²) in [6.45, 7) is 1.28. The second-order valence-corrected chi connectivity index (χ2v) is 9.53. The third-order valence-electron chi connectivity index (χ3n) is 5.42. The largest absolute Gasteiger partial charge is 0.380 e. The van der Waals surface area contributed by atoms with Gasteiger partial charge in [-0.25, -0.2) is 9.37 Å². The highest BCUT2D eigenvalue weighted by Gasteiger charge is 2.30. The van der Waals surface area contributed by atoms with Crippen molar-refractivity contribution in [2.45, 2.75) is 25.6 Å². The number of amides is 1. The van der Waals surface area contributed by atoms with Crippen LogP contribution in [0.1, 0.15) is 28.1 Å². The average molecular weight is 457 g/mol. The smallest absolute Gasteiger partial charge is 0.270 e. The molecule has 160 valence electrons. The zero-order valence-corrected chi connectivity index (χ0v) is 18.6. The molecule has 1 aliphatic rings. The molecule has 0 N–H and O–H groups in total. The number of carbonyl (C=O) groups is 1. The van der Waals surface area contributed by atoms with Gasteiger partial charge in [-0.05, 0) is 37.1 Å². The molecule has 5 nitrogen and oxygen atoms in total. The maximum Gasteiger partial charge on any atom is 0.270 e. The molecule has 8 heteroatoms. The van der Waals surface area contributed by atoms with E-state index in [0.29, 0.717) is 34.1 Å². The molecule has 0 spiro atoms. The van der Waals surface area contributed by atoms with Crippen molar-refractivity contribution in [1.29, 1.82) is 0 Å². The number of halogens is 1. The molecular weight excluding hydrogens is 435 g/mol. The van der Waals surface area contributed by atoms with Crippen molar-refractivity contribution in [3.05, 3.63) is 58.7 Å². The second-order valence-electron chi connectivity index (χ2n) is 7.47. The summed E-state index contributed by atoms with van der Waals surface area (Å²) in [5.74, 6) is -0.535. The van der Waals surface area contributed by atoms with Crippen LogP contribution < -0.4 is 4.90 Å². The van der Waals surface area contributed by atoms with Gasteiger partial charge in [0.1, 0.15) is 5.82 Å². The van der Waals surface area contributed by atoms with E-state index in [9.17, 15) is 9.18 Å². The number of benzene rings is 2. The molecule has 0 aliphatic carbocycles. The number of fused-ring (bicyclic) bond motifs is 2. The topological polar surface area (TPSA) is 51.7 Å². The number of para-hydroxylation sites is 1. The zero-order chi connectivity index (χ0) is 21.4. The number of nitrogens with zero attached hydrogens (tertiary/aromatic N) is 2. The van der Waals surface area contributed by atoms with Crippen molar-refractivity contribution in [3.8, 4) is 0 Å². The first-order valence-corrected chi connectivity index (χ1v) is 11.8. The molecule has 0 radical (unpaired) electrons. The van der Waals surface area contributed by atoms with Gasteiger partial charge in [0.15, 0.2) is 5.13 Å². The van der Waals surface area contributed by atoms with E-state index < -0.39 is 0 Å². The van der Waals surface area contributed by atoms with Crippen LogP contribution in [0.3, 0.4) is 0 Å². The Morgan fingerprint density at radius 1 is 1.23 bits per heavy atom. The highest BCUT2D eigenvalue weighted by molar-refractivity contribution is 7.23. The summed E-state index contributed by atoms with van der Waals surface area (Å²) in [5.41, 5.74) is 1.44. The number of hydrogen-bond donors (Lipinski definition) is 0. The highest BCUT2D eigenvalue weighted by Crippen LogP contribution is 2.37. The normalized spacial score (nSPS) is 16.4. The lowest BCUT2D eigenvalue weighted by Gasteiger charge is -2.23. The molecule has 1 aliphatic heterocycles. The van der Waals surface area contributed by atoms with Gasteiger partial charge in [-0.3, -0.25) is 9.69 Å². The molecule has 1 amide bonds. The van der Waals surface area contributed by atoms with Crippen LogP contribution in [-0.2, 0) is 16.1 Å². The minimum Gasteiger partial charge on any atom is -0.380 e. The lowest BCUT2D eigenvalue weighted by molar-refractivity contribution is 0.0917. The molecule has 1 fully saturated rings. The van der Waals surface area contributed by atoms with Gasteiger partial charge in [0.25, 0.3) is 5.91 Å². The van der Waals surface area contributed by atoms with Crippen LogP contribution in [0, 0.1) is 5.82 Å². The lowest BCUT2D eigenvalue weighted by Crippen LogP contribution is -2.37. The fourth-order valence-electron chi connectivity index (χ4n) is 3.96. The second kappa shape index (κ2) is 8.63. The van der Waals surface area contributed by atoms with Gasteiger partial charge in [-0.1, -0.05) is 29.5 Å². The first-order chi connectivity index (χ1) is 15.2. The number of ether oxygens (including phenoxy) is 2. The van der Waals surface area contributed by atoms with Crippen molar-refractivity contribution in [1.82, 2.24) is 4.98 Å². The summed E-state index contributed by atoms with van der Waals surface area (Å²) in [4.78, 5) is 20.8. The predicted octanol–water partition coefficient (Wildman–Crippen LogP) is 5.62. The predicted molar refractivity (Wildman–Crippen MR) is 123 cm³/mol. The number of thiazole rings is 1. The van der Waals surface area contributed by atoms with Crippen LogP contribution in [0.2, 0.25) is 0 Å². The van der Waals surface area contributed by atoms with Gasteiger partial charge in [0.2, 0.25) is 0 Å². The Morgan fingerprint density at radius 3 is 2.84 bits per heavy atom. The average Bonchev–Trinajstić information content (AvgIpc) is 3.50. The van der Waals surface area contributed by atoms with Gasteiger partial charge in [0.05, 0.1) is 34.3 Å². The van der Waals surface area contributed by atoms with Gasteiger partial charge in [0, 0.05) is 29.4 Å². The molecule has 2 aromatic carbocycles. The number of aromatic nitrogens is 1. The SMILES string of the molecule is COCc1c(C(=O)N(CC2CCCO2)c2nc3ccccc3s2)sc2cccc(F)c12. The Morgan fingerprint density at radius 2 is 2.06 bits per heavy atom. The van der Waals surface area contributed by atoms with E-state index in [1.165, 1.54) is 28.7 Å². The summed E-state index contributed by atoms with van der Waals surface area (Å²) in [5, 5.41) is 1.09. The standard InChI is InChI=1S/C23H21FN2O3S2/c1-28-13-15-20-16(24)7-4-10-19(20)30-21(15)22(27)26(12-14-6-5-11-29-14)23-25-17-8-2-3-9-18(17)31-23/h2-4,7-10,14H,5-6,11-13H2,1H3. The number of hydrogen-bond acceptors (Lipinski definition) is 6. The van der Waals surface area contributed by atoms with Crippen LogP contribution in [0.4, 0.5) is 9.52 Å². The number of rotatable bonds is 6. The Hall–Kier alpha value is -2.39. The summed E-state index contributed by atoms with van der Waals surface area (Å²) in [7, 11) is 1.55. The number of thiophene rings is 1. The molecule has 0 saturated carbocycles. The fourth-order valence-corrected chi connectivity index (χ4v) is 6.10.